The third kappa shape index (κ3) is 9.97. The highest BCUT2D eigenvalue weighted by Gasteiger charge is 2.22. The molecule has 1 atom stereocenters. The molecule has 0 fully saturated rings. The van der Waals surface area contributed by atoms with E-state index in [0.29, 0.717) is 18.6 Å². The molecule has 134 valence electrons. The van der Waals surface area contributed by atoms with Gasteiger partial charge in [0.15, 0.2) is 0 Å². The molecule has 0 saturated carbocycles. The number of carbonyl (C=O) groups is 2. The SMILES string of the molecule is CCCCC(=C[C@@H](NC(=O)OC(C)(C)C)C(C)C)C(=O)OCC. The Labute approximate surface area is 140 Å². The minimum Gasteiger partial charge on any atom is -0.463 e. The fourth-order valence-corrected chi connectivity index (χ4v) is 1.91. The van der Waals surface area contributed by atoms with Gasteiger partial charge in [-0.25, -0.2) is 9.59 Å². The molecule has 5 heteroatoms. The number of unbranched alkanes of at least 4 members (excludes halogenated alkanes) is 1. The molecular weight excluding hydrogens is 294 g/mol. The molecule has 0 spiro atoms. The van der Waals surface area contributed by atoms with Crippen molar-refractivity contribution in [1.29, 1.82) is 0 Å². The summed E-state index contributed by atoms with van der Waals surface area (Å²) in [5.41, 5.74) is 0.0603. The van der Waals surface area contributed by atoms with Crippen LogP contribution in [-0.4, -0.2) is 30.3 Å². The average molecular weight is 327 g/mol. The fraction of sp³-hybridized carbons (Fsp3) is 0.778. The molecule has 0 bridgehead atoms. The number of carbonyl (C=O) groups excluding carboxylic acids is 2. The maximum atomic E-state index is 12.1. The van der Waals surface area contributed by atoms with Crippen molar-refractivity contribution in [3.05, 3.63) is 11.6 Å². The summed E-state index contributed by atoms with van der Waals surface area (Å²) in [6.07, 6.45) is 3.87. The molecule has 0 aromatic rings. The number of alkyl carbamates (subject to hydrolysis) is 1. The number of rotatable bonds is 8. The van der Waals surface area contributed by atoms with E-state index in [1.807, 2.05) is 40.7 Å². The van der Waals surface area contributed by atoms with Crippen molar-refractivity contribution in [2.24, 2.45) is 5.92 Å². The smallest absolute Gasteiger partial charge is 0.408 e. The van der Waals surface area contributed by atoms with Gasteiger partial charge in [-0.3, -0.25) is 0 Å². The summed E-state index contributed by atoms with van der Waals surface area (Å²) in [5, 5.41) is 2.83. The quantitative estimate of drug-likeness (QED) is 0.535. The first-order valence-electron chi connectivity index (χ1n) is 8.48. The Morgan fingerprint density at radius 3 is 2.22 bits per heavy atom. The number of nitrogens with one attached hydrogen (secondary N) is 1. The molecule has 0 aromatic heterocycles. The third-order valence-electron chi connectivity index (χ3n) is 3.12. The molecule has 0 saturated heterocycles. The summed E-state index contributed by atoms with van der Waals surface area (Å²) in [6.45, 7) is 13.6. The lowest BCUT2D eigenvalue weighted by Crippen LogP contribution is -2.41. The number of hydrogen-bond acceptors (Lipinski definition) is 4. The Bertz CT molecular complexity index is 408. The Morgan fingerprint density at radius 2 is 1.78 bits per heavy atom. The van der Waals surface area contributed by atoms with Gasteiger partial charge in [0.2, 0.25) is 0 Å². The lowest BCUT2D eigenvalue weighted by atomic mass is 9.99. The molecular formula is C18H33NO4. The zero-order chi connectivity index (χ0) is 18.0. The van der Waals surface area contributed by atoms with Crippen LogP contribution in [0.4, 0.5) is 4.79 Å². The molecule has 1 amide bonds. The Balaban J connectivity index is 5.13. The monoisotopic (exact) mass is 327 g/mol. The number of hydrogen-bond donors (Lipinski definition) is 1. The lowest BCUT2D eigenvalue weighted by molar-refractivity contribution is -0.138. The maximum Gasteiger partial charge on any atom is 0.408 e. The van der Waals surface area contributed by atoms with Crippen molar-refractivity contribution in [1.82, 2.24) is 5.32 Å². The van der Waals surface area contributed by atoms with Crippen LogP contribution in [0.15, 0.2) is 11.6 Å². The van der Waals surface area contributed by atoms with Crippen LogP contribution in [0.3, 0.4) is 0 Å². The van der Waals surface area contributed by atoms with Crippen LogP contribution in [0, 0.1) is 5.92 Å². The minimum absolute atomic E-state index is 0.133. The zero-order valence-electron chi connectivity index (χ0n) is 15.7. The predicted octanol–water partition coefficient (Wildman–Crippen LogP) is 4.22. The van der Waals surface area contributed by atoms with Crippen molar-refractivity contribution >= 4 is 12.1 Å². The van der Waals surface area contributed by atoms with E-state index in [4.69, 9.17) is 9.47 Å². The molecule has 0 unspecified atom stereocenters. The molecule has 0 aliphatic carbocycles. The van der Waals surface area contributed by atoms with Crippen molar-refractivity contribution in [3.8, 4) is 0 Å². The van der Waals surface area contributed by atoms with Crippen LogP contribution < -0.4 is 5.32 Å². The Morgan fingerprint density at radius 1 is 1.17 bits per heavy atom. The molecule has 0 aliphatic rings. The molecule has 0 radical (unpaired) electrons. The van der Waals surface area contributed by atoms with Crippen LogP contribution in [0.1, 0.15) is 67.7 Å². The van der Waals surface area contributed by atoms with Crippen molar-refractivity contribution in [3.63, 3.8) is 0 Å². The van der Waals surface area contributed by atoms with E-state index in [1.165, 1.54) is 0 Å². The first kappa shape index (κ1) is 21.5. The number of esters is 1. The summed E-state index contributed by atoms with van der Waals surface area (Å²) < 4.78 is 10.4. The summed E-state index contributed by atoms with van der Waals surface area (Å²) in [4.78, 5) is 24.1. The van der Waals surface area contributed by atoms with E-state index < -0.39 is 11.7 Å². The van der Waals surface area contributed by atoms with Crippen LogP contribution in [0.2, 0.25) is 0 Å². The van der Waals surface area contributed by atoms with Crippen LogP contribution in [0.5, 0.6) is 0 Å². The molecule has 23 heavy (non-hydrogen) atoms. The highest BCUT2D eigenvalue weighted by molar-refractivity contribution is 5.88. The van der Waals surface area contributed by atoms with Crippen molar-refractivity contribution in [2.45, 2.75) is 79.4 Å². The Hall–Kier alpha value is -1.52. The second-order valence-corrected chi connectivity index (χ2v) is 6.93. The zero-order valence-corrected chi connectivity index (χ0v) is 15.7. The summed E-state index contributed by atoms with van der Waals surface area (Å²) in [5.74, 6) is -0.175. The lowest BCUT2D eigenvalue weighted by Gasteiger charge is -2.24. The standard InChI is InChI=1S/C18H33NO4/c1-8-10-11-14(16(20)22-9-2)12-15(13(3)4)19-17(21)23-18(5,6)7/h12-13,15H,8-11H2,1-7H3,(H,19,21)/t15-/m1/s1. The second kappa shape index (κ2) is 10.3. The molecule has 1 N–H and O–H groups in total. The van der Waals surface area contributed by atoms with E-state index in [2.05, 4.69) is 12.2 Å². The highest BCUT2D eigenvalue weighted by atomic mass is 16.6. The number of ether oxygens (including phenoxy) is 2. The average Bonchev–Trinajstić information content (AvgIpc) is 2.39. The molecule has 0 rings (SSSR count). The van der Waals surface area contributed by atoms with Crippen molar-refractivity contribution in [2.75, 3.05) is 6.61 Å². The van der Waals surface area contributed by atoms with Crippen LogP contribution in [-0.2, 0) is 14.3 Å². The fourth-order valence-electron chi connectivity index (χ4n) is 1.91. The maximum absolute atomic E-state index is 12.1. The predicted molar refractivity (Wildman–Crippen MR) is 92.2 cm³/mol. The highest BCUT2D eigenvalue weighted by Crippen LogP contribution is 2.15. The van der Waals surface area contributed by atoms with E-state index in [9.17, 15) is 9.59 Å². The van der Waals surface area contributed by atoms with Gasteiger partial charge in [-0.2, -0.15) is 0 Å². The van der Waals surface area contributed by atoms with Gasteiger partial charge in [0.05, 0.1) is 12.6 Å². The van der Waals surface area contributed by atoms with Gasteiger partial charge >= 0.3 is 12.1 Å². The van der Waals surface area contributed by atoms with E-state index in [0.717, 1.165) is 12.8 Å². The Kier molecular flexibility index (Phi) is 9.61. The van der Waals surface area contributed by atoms with Gasteiger partial charge in [-0.1, -0.05) is 33.3 Å². The van der Waals surface area contributed by atoms with Gasteiger partial charge < -0.3 is 14.8 Å². The topological polar surface area (TPSA) is 64.6 Å². The first-order chi connectivity index (χ1) is 10.6. The van der Waals surface area contributed by atoms with Crippen molar-refractivity contribution < 1.29 is 19.1 Å². The molecule has 0 aromatic carbocycles. The second-order valence-electron chi connectivity index (χ2n) is 6.93. The van der Waals surface area contributed by atoms with Gasteiger partial charge in [0.25, 0.3) is 0 Å². The molecule has 5 nitrogen and oxygen atoms in total. The third-order valence-corrected chi connectivity index (χ3v) is 3.12. The van der Waals surface area contributed by atoms with Gasteiger partial charge in [0.1, 0.15) is 5.60 Å². The molecule has 0 heterocycles. The summed E-state index contributed by atoms with van der Waals surface area (Å²) in [7, 11) is 0. The van der Waals surface area contributed by atoms with Gasteiger partial charge in [-0.15, -0.1) is 0 Å². The van der Waals surface area contributed by atoms with Crippen LogP contribution in [0.25, 0.3) is 0 Å². The van der Waals surface area contributed by atoms with E-state index in [1.54, 1.807) is 6.92 Å². The van der Waals surface area contributed by atoms with Gasteiger partial charge in [-0.05, 0) is 46.5 Å². The van der Waals surface area contributed by atoms with E-state index in [-0.39, 0.29) is 17.9 Å². The number of amides is 1. The van der Waals surface area contributed by atoms with Crippen LogP contribution >= 0.6 is 0 Å². The normalized spacial score (nSPS) is 13.7. The largest absolute Gasteiger partial charge is 0.463 e. The summed E-state index contributed by atoms with van der Waals surface area (Å²) in [6, 6.07) is -0.277. The van der Waals surface area contributed by atoms with Gasteiger partial charge in [0, 0.05) is 5.57 Å². The first-order valence-corrected chi connectivity index (χ1v) is 8.48. The summed E-state index contributed by atoms with van der Waals surface area (Å²) >= 11 is 0. The van der Waals surface area contributed by atoms with E-state index >= 15 is 0 Å². The minimum atomic E-state index is -0.554. The molecule has 0 aliphatic heterocycles.